The van der Waals surface area contributed by atoms with Crippen LogP contribution in [0.5, 0.6) is 0 Å². The van der Waals surface area contributed by atoms with Crippen LogP contribution in [0.3, 0.4) is 0 Å². The fourth-order valence-electron chi connectivity index (χ4n) is 2.00. The van der Waals surface area contributed by atoms with Crippen LogP contribution in [0.4, 0.5) is 0 Å². The highest BCUT2D eigenvalue weighted by molar-refractivity contribution is 5.68. The zero-order valence-corrected chi connectivity index (χ0v) is 8.39. The van der Waals surface area contributed by atoms with Gasteiger partial charge in [0.2, 0.25) is 0 Å². The summed E-state index contributed by atoms with van der Waals surface area (Å²) in [5.41, 5.74) is -0.456. The molecule has 1 aliphatic rings. The van der Waals surface area contributed by atoms with Crippen molar-refractivity contribution in [1.82, 2.24) is 0 Å². The molecule has 1 fully saturated rings. The number of benzene rings is 1. The second-order valence-electron chi connectivity index (χ2n) is 4.14. The van der Waals surface area contributed by atoms with Crippen LogP contribution >= 0.6 is 0 Å². The minimum Gasteiger partial charge on any atom is -0.481 e. The van der Waals surface area contributed by atoms with Crippen LogP contribution in [0.1, 0.15) is 24.8 Å². The quantitative estimate of drug-likeness (QED) is 0.789. The summed E-state index contributed by atoms with van der Waals surface area (Å²) in [5.74, 6) is -0.843. The molecule has 1 atom stereocenters. The predicted molar refractivity (Wildman–Crippen MR) is 55.3 cm³/mol. The highest BCUT2D eigenvalue weighted by Gasteiger charge is 2.46. The molecule has 2 N–H and O–H groups in total. The summed E-state index contributed by atoms with van der Waals surface area (Å²) in [7, 11) is 0. The van der Waals surface area contributed by atoms with Crippen molar-refractivity contribution in [3.63, 3.8) is 0 Å². The van der Waals surface area contributed by atoms with E-state index in [4.69, 9.17) is 5.11 Å². The first kappa shape index (κ1) is 10.2. The van der Waals surface area contributed by atoms with Crippen LogP contribution in [0.15, 0.2) is 30.3 Å². The first-order chi connectivity index (χ1) is 7.13. The molecule has 15 heavy (non-hydrogen) atoms. The number of aliphatic hydroxyl groups is 1. The van der Waals surface area contributed by atoms with Gasteiger partial charge in [-0.1, -0.05) is 30.3 Å². The molecule has 0 aromatic heterocycles. The molecule has 0 amide bonds. The Bertz CT molecular complexity index is 356. The summed E-state index contributed by atoms with van der Waals surface area (Å²) in [6.07, 6.45) is 1.62. The van der Waals surface area contributed by atoms with E-state index in [-0.39, 0.29) is 12.3 Å². The lowest BCUT2D eigenvalue weighted by molar-refractivity contribution is -0.144. The number of rotatable bonds is 4. The molecule has 0 unspecified atom stereocenters. The lowest BCUT2D eigenvalue weighted by atomic mass is 9.86. The van der Waals surface area contributed by atoms with E-state index in [2.05, 4.69) is 0 Å². The number of hydrogen-bond acceptors (Lipinski definition) is 2. The van der Waals surface area contributed by atoms with E-state index in [1.807, 2.05) is 18.2 Å². The van der Waals surface area contributed by atoms with Gasteiger partial charge in [-0.3, -0.25) is 4.79 Å². The Labute approximate surface area is 88.4 Å². The van der Waals surface area contributed by atoms with Gasteiger partial charge in [0, 0.05) is 0 Å². The number of aliphatic carboxylic acids is 1. The largest absolute Gasteiger partial charge is 0.481 e. The van der Waals surface area contributed by atoms with Gasteiger partial charge in [-0.25, -0.2) is 0 Å². The fourth-order valence-corrected chi connectivity index (χ4v) is 2.00. The average Bonchev–Trinajstić information content (AvgIpc) is 3.01. The number of carboxylic acid groups (broad SMARTS) is 1. The Morgan fingerprint density at radius 2 is 1.93 bits per heavy atom. The first-order valence-electron chi connectivity index (χ1n) is 5.12. The second-order valence-corrected chi connectivity index (χ2v) is 4.14. The standard InChI is InChI=1S/C12H14O3/c13-11(14)8-12(15,10-6-7-10)9-4-2-1-3-5-9/h1-5,10,15H,6-8H2,(H,13,14)/t12-/m1/s1. The molecule has 0 spiro atoms. The summed E-state index contributed by atoms with van der Waals surface area (Å²) in [5, 5.41) is 19.2. The third kappa shape index (κ3) is 2.02. The molecule has 2 rings (SSSR count). The van der Waals surface area contributed by atoms with Gasteiger partial charge >= 0.3 is 5.97 Å². The minimum atomic E-state index is -1.17. The fraction of sp³-hybridized carbons (Fsp3) is 0.417. The maximum Gasteiger partial charge on any atom is 0.306 e. The third-order valence-electron chi connectivity index (χ3n) is 2.95. The molecule has 1 saturated carbocycles. The van der Waals surface area contributed by atoms with Crippen LogP contribution < -0.4 is 0 Å². The summed E-state index contributed by atoms with van der Waals surface area (Å²) in [6.45, 7) is 0. The van der Waals surface area contributed by atoms with Gasteiger partial charge in [0.15, 0.2) is 0 Å². The van der Waals surface area contributed by atoms with E-state index in [0.717, 1.165) is 18.4 Å². The molecule has 3 heteroatoms. The molecular weight excluding hydrogens is 192 g/mol. The van der Waals surface area contributed by atoms with Gasteiger partial charge < -0.3 is 10.2 Å². The summed E-state index contributed by atoms with van der Waals surface area (Å²) >= 11 is 0. The van der Waals surface area contributed by atoms with Crippen LogP contribution in [-0.4, -0.2) is 16.2 Å². The molecule has 1 aromatic rings. The van der Waals surface area contributed by atoms with Crippen molar-refractivity contribution in [2.24, 2.45) is 5.92 Å². The molecule has 0 heterocycles. The summed E-state index contributed by atoms with van der Waals surface area (Å²) < 4.78 is 0. The maximum atomic E-state index is 10.8. The van der Waals surface area contributed by atoms with Crippen LogP contribution in [0.25, 0.3) is 0 Å². The molecule has 0 radical (unpaired) electrons. The van der Waals surface area contributed by atoms with Crippen molar-refractivity contribution in [3.05, 3.63) is 35.9 Å². The Kier molecular flexibility index (Phi) is 2.49. The van der Waals surface area contributed by atoms with Crippen LogP contribution in [-0.2, 0) is 10.4 Å². The summed E-state index contributed by atoms with van der Waals surface area (Å²) in [6, 6.07) is 9.09. The van der Waals surface area contributed by atoms with E-state index in [1.165, 1.54) is 0 Å². The number of carbonyl (C=O) groups is 1. The maximum absolute atomic E-state index is 10.8. The lowest BCUT2D eigenvalue weighted by Crippen LogP contribution is -2.31. The van der Waals surface area contributed by atoms with Crippen molar-refractivity contribution >= 4 is 5.97 Å². The Balaban J connectivity index is 2.30. The number of carboxylic acids is 1. The predicted octanol–water partition coefficient (Wildman–Crippen LogP) is 1.76. The Morgan fingerprint density at radius 3 is 2.40 bits per heavy atom. The zero-order valence-electron chi connectivity index (χ0n) is 8.39. The lowest BCUT2D eigenvalue weighted by Gasteiger charge is -2.26. The molecule has 80 valence electrons. The minimum absolute atomic E-state index is 0.107. The van der Waals surface area contributed by atoms with E-state index in [9.17, 15) is 9.90 Å². The van der Waals surface area contributed by atoms with Gasteiger partial charge in [-0.15, -0.1) is 0 Å². The molecular formula is C12H14O3. The molecule has 0 aliphatic heterocycles. The van der Waals surface area contributed by atoms with Crippen molar-refractivity contribution in [2.75, 3.05) is 0 Å². The first-order valence-corrected chi connectivity index (χ1v) is 5.12. The van der Waals surface area contributed by atoms with Gasteiger partial charge in [0.25, 0.3) is 0 Å². The van der Waals surface area contributed by atoms with Crippen molar-refractivity contribution in [2.45, 2.75) is 24.9 Å². The number of hydrogen-bond donors (Lipinski definition) is 2. The molecule has 3 nitrogen and oxygen atoms in total. The smallest absolute Gasteiger partial charge is 0.306 e. The molecule has 0 bridgehead atoms. The molecule has 1 aromatic carbocycles. The Morgan fingerprint density at radius 1 is 1.33 bits per heavy atom. The highest BCUT2D eigenvalue weighted by Crippen LogP contribution is 2.47. The Hall–Kier alpha value is -1.35. The van der Waals surface area contributed by atoms with Gasteiger partial charge in [0.05, 0.1) is 6.42 Å². The van der Waals surface area contributed by atoms with E-state index >= 15 is 0 Å². The molecule has 0 saturated heterocycles. The van der Waals surface area contributed by atoms with Gasteiger partial charge in [0.1, 0.15) is 5.60 Å². The van der Waals surface area contributed by atoms with Gasteiger partial charge in [-0.05, 0) is 24.3 Å². The van der Waals surface area contributed by atoms with Gasteiger partial charge in [-0.2, -0.15) is 0 Å². The van der Waals surface area contributed by atoms with E-state index < -0.39 is 11.6 Å². The zero-order chi connectivity index (χ0) is 10.9. The van der Waals surface area contributed by atoms with Crippen molar-refractivity contribution in [3.8, 4) is 0 Å². The van der Waals surface area contributed by atoms with Crippen LogP contribution in [0, 0.1) is 5.92 Å². The normalized spacial score (nSPS) is 19.5. The third-order valence-corrected chi connectivity index (χ3v) is 2.95. The summed E-state index contributed by atoms with van der Waals surface area (Å²) in [4.78, 5) is 10.8. The van der Waals surface area contributed by atoms with Crippen molar-refractivity contribution in [1.29, 1.82) is 0 Å². The van der Waals surface area contributed by atoms with E-state index in [0.29, 0.717) is 0 Å². The average molecular weight is 206 g/mol. The SMILES string of the molecule is O=C(O)C[C@@](O)(c1ccccc1)C1CC1. The molecule has 1 aliphatic carbocycles. The van der Waals surface area contributed by atoms with Crippen molar-refractivity contribution < 1.29 is 15.0 Å². The highest BCUT2D eigenvalue weighted by atomic mass is 16.4. The van der Waals surface area contributed by atoms with Crippen LogP contribution in [0.2, 0.25) is 0 Å². The second kappa shape index (κ2) is 3.66. The van der Waals surface area contributed by atoms with E-state index in [1.54, 1.807) is 12.1 Å². The topological polar surface area (TPSA) is 57.5 Å². The monoisotopic (exact) mass is 206 g/mol.